The Balaban J connectivity index is 4.42. The maximum absolute atomic E-state index is 11.7. The van der Waals surface area contributed by atoms with Gasteiger partial charge in [0.1, 0.15) is 12.6 Å². The number of nitrogens with zero attached hydrogens (tertiary/aromatic N) is 1. The zero-order valence-corrected chi connectivity index (χ0v) is 12.2. The summed E-state index contributed by atoms with van der Waals surface area (Å²) in [5.74, 6) is -2.45. The van der Waals surface area contributed by atoms with Crippen LogP contribution in [0.1, 0.15) is 19.8 Å². The van der Waals surface area contributed by atoms with E-state index in [9.17, 15) is 19.2 Å². The normalized spacial score (nSPS) is 11.2. The van der Waals surface area contributed by atoms with Gasteiger partial charge in [-0.15, -0.1) is 0 Å². The highest BCUT2D eigenvalue weighted by atomic mass is 16.5. The zero-order valence-electron chi connectivity index (χ0n) is 12.2. The van der Waals surface area contributed by atoms with Crippen molar-refractivity contribution in [3.63, 3.8) is 0 Å². The number of methoxy groups -OCH3 is 1. The fraction of sp³-hybridized carbons (Fsp3) is 0.667. The molecule has 0 aromatic carbocycles. The third-order valence-corrected chi connectivity index (χ3v) is 2.48. The summed E-state index contributed by atoms with van der Waals surface area (Å²) >= 11 is 0. The standard InChI is InChI=1S/C12H20N2O7/c1-4-21-10(16)7-14(2)12(19)13-8(11(17)18)5-6-9(15)20-3/h8H,4-7H2,1-3H3,(H,13,19)(H,17,18)/t8-/m0/s1. The van der Waals surface area contributed by atoms with E-state index in [4.69, 9.17) is 5.11 Å². The molecule has 0 spiro atoms. The lowest BCUT2D eigenvalue weighted by Gasteiger charge is -2.20. The lowest BCUT2D eigenvalue weighted by atomic mass is 10.1. The first kappa shape index (κ1) is 18.7. The molecule has 0 aliphatic carbocycles. The Morgan fingerprint density at radius 3 is 2.33 bits per heavy atom. The molecule has 0 aliphatic heterocycles. The highest BCUT2D eigenvalue weighted by Gasteiger charge is 2.23. The van der Waals surface area contributed by atoms with E-state index in [-0.39, 0.29) is 26.0 Å². The second-order valence-electron chi connectivity index (χ2n) is 4.12. The van der Waals surface area contributed by atoms with Crippen molar-refractivity contribution in [1.82, 2.24) is 10.2 Å². The lowest BCUT2D eigenvalue weighted by Crippen LogP contribution is -2.48. The third-order valence-electron chi connectivity index (χ3n) is 2.48. The van der Waals surface area contributed by atoms with Crippen molar-refractivity contribution >= 4 is 23.9 Å². The summed E-state index contributed by atoms with van der Waals surface area (Å²) in [7, 11) is 2.51. The van der Waals surface area contributed by atoms with E-state index in [1.54, 1.807) is 6.92 Å². The van der Waals surface area contributed by atoms with Gasteiger partial charge in [0.15, 0.2) is 0 Å². The Bertz CT molecular complexity index is 397. The van der Waals surface area contributed by atoms with Crippen molar-refractivity contribution in [3.8, 4) is 0 Å². The molecule has 1 atom stereocenters. The Morgan fingerprint density at radius 2 is 1.86 bits per heavy atom. The van der Waals surface area contributed by atoms with Gasteiger partial charge in [0.2, 0.25) is 0 Å². The van der Waals surface area contributed by atoms with Crippen molar-refractivity contribution in [3.05, 3.63) is 0 Å². The number of esters is 2. The largest absolute Gasteiger partial charge is 0.480 e. The zero-order chi connectivity index (χ0) is 16.4. The van der Waals surface area contributed by atoms with Gasteiger partial charge in [0.25, 0.3) is 0 Å². The van der Waals surface area contributed by atoms with Gasteiger partial charge in [-0.2, -0.15) is 0 Å². The maximum Gasteiger partial charge on any atom is 0.326 e. The van der Waals surface area contributed by atoms with Crippen LogP contribution in [0.25, 0.3) is 0 Å². The summed E-state index contributed by atoms with van der Waals surface area (Å²) in [4.78, 5) is 45.9. The molecule has 9 heteroatoms. The lowest BCUT2D eigenvalue weighted by molar-refractivity contribution is -0.143. The fourth-order valence-corrected chi connectivity index (χ4v) is 1.35. The predicted molar refractivity (Wildman–Crippen MR) is 70.5 cm³/mol. The number of rotatable bonds is 8. The summed E-state index contributed by atoms with van der Waals surface area (Å²) in [5, 5.41) is 11.2. The molecule has 0 bridgehead atoms. The van der Waals surface area contributed by atoms with Crippen LogP contribution < -0.4 is 5.32 Å². The molecule has 21 heavy (non-hydrogen) atoms. The molecular formula is C12H20N2O7. The average molecular weight is 304 g/mol. The Labute approximate surface area is 122 Å². The van der Waals surface area contributed by atoms with E-state index in [0.29, 0.717) is 0 Å². The van der Waals surface area contributed by atoms with Crippen LogP contribution in [-0.4, -0.2) is 67.3 Å². The molecule has 120 valence electrons. The number of aliphatic carboxylic acids is 1. The molecule has 0 saturated heterocycles. The minimum atomic E-state index is -1.28. The van der Waals surface area contributed by atoms with Crippen LogP contribution in [0.4, 0.5) is 4.79 Å². The van der Waals surface area contributed by atoms with Crippen molar-refractivity contribution in [2.24, 2.45) is 0 Å². The number of carboxylic acid groups (broad SMARTS) is 1. The smallest absolute Gasteiger partial charge is 0.326 e. The van der Waals surface area contributed by atoms with Crippen molar-refractivity contribution < 1.29 is 33.8 Å². The Morgan fingerprint density at radius 1 is 1.24 bits per heavy atom. The SMILES string of the molecule is CCOC(=O)CN(C)C(=O)N[C@@H](CCC(=O)OC)C(=O)O. The molecule has 2 amide bonds. The molecule has 9 nitrogen and oxygen atoms in total. The Hall–Kier alpha value is -2.32. The maximum atomic E-state index is 11.7. The highest BCUT2D eigenvalue weighted by molar-refractivity contribution is 5.85. The van der Waals surface area contributed by atoms with Crippen LogP contribution in [-0.2, 0) is 23.9 Å². The topological polar surface area (TPSA) is 122 Å². The van der Waals surface area contributed by atoms with Crippen LogP contribution in [0.5, 0.6) is 0 Å². The van der Waals surface area contributed by atoms with E-state index in [1.165, 1.54) is 14.2 Å². The number of nitrogens with one attached hydrogen (secondary N) is 1. The first-order valence-electron chi connectivity index (χ1n) is 6.28. The van der Waals surface area contributed by atoms with Gasteiger partial charge in [-0.3, -0.25) is 9.59 Å². The first-order chi connectivity index (χ1) is 9.81. The van der Waals surface area contributed by atoms with Gasteiger partial charge in [-0.25, -0.2) is 9.59 Å². The fourth-order valence-electron chi connectivity index (χ4n) is 1.35. The number of carboxylic acids is 1. The first-order valence-corrected chi connectivity index (χ1v) is 6.28. The van der Waals surface area contributed by atoms with Gasteiger partial charge in [-0.1, -0.05) is 0 Å². The minimum absolute atomic E-state index is 0.110. The summed E-state index contributed by atoms with van der Waals surface area (Å²) in [6.07, 6.45) is -0.254. The summed E-state index contributed by atoms with van der Waals surface area (Å²) in [6.45, 7) is 1.51. The molecule has 0 fully saturated rings. The summed E-state index contributed by atoms with van der Waals surface area (Å²) in [5.41, 5.74) is 0. The number of hydrogen-bond donors (Lipinski definition) is 2. The second kappa shape index (κ2) is 9.56. The van der Waals surface area contributed by atoms with E-state index in [1.807, 2.05) is 0 Å². The van der Waals surface area contributed by atoms with E-state index in [2.05, 4.69) is 14.8 Å². The van der Waals surface area contributed by atoms with Crippen LogP contribution in [0.2, 0.25) is 0 Å². The molecule has 2 N–H and O–H groups in total. The molecule has 0 aromatic rings. The predicted octanol–water partition coefficient (Wildman–Crippen LogP) is -0.403. The molecule has 0 rings (SSSR count). The molecule has 0 aliphatic rings. The molecule has 0 aromatic heterocycles. The van der Waals surface area contributed by atoms with Crippen molar-refractivity contribution in [1.29, 1.82) is 0 Å². The number of carbonyl (C=O) groups excluding carboxylic acids is 3. The molecule has 0 heterocycles. The number of urea groups is 1. The molecule has 0 radical (unpaired) electrons. The highest BCUT2D eigenvalue weighted by Crippen LogP contribution is 2.01. The van der Waals surface area contributed by atoms with Gasteiger partial charge < -0.3 is 24.8 Å². The average Bonchev–Trinajstić information content (AvgIpc) is 2.42. The quantitative estimate of drug-likeness (QED) is 0.585. The number of amides is 2. The van der Waals surface area contributed by atoms with Crippen molar-refractivity contribution in [2.45, 2.75) is 25.8 Å². The van der Waals surface area contributed by atoms with E-state index >= 15 is 0 Å². The number of likely N-dealkylation sites (N-methyl/N-ethyl adjacent to an activating group) is 1. The van der Waals surface area contributed by atoms with Gasteiger partial charge in [0.05, 0.1) is 13.7 Å². The third kappa shape index (κ3) is 7.75. The van der Waals surface area contributed by atoms with Crippen LogP contribution >= 0.6 is 0 Å². The van der Waals surface area contributed by atoms with E-state index < -0.39 is 30.0 Å². The van der Waals surface area contributed by atoms with Crippen molar-refractivity contribution in [2.75, 3.05) is 27.3 Å². The minimum Gasteiger partial charge on any atom is -0.480 e. The summed E-state index contributed by atoms with van der Waals surface area (Å²) in [6, 6.07) is -2.00. The van der Waals surface area contributed by atoms with Crippen LogP contribution in [0.15, 0.2) is 0 Å². The number of ether oxygens (including phenoxy) is 2. The van der Waals surface area contributed by atoms with Crippen LogP contribution in [0.3, 0.4) is 0 Å². The molecular weight excluding hydrogens is 284 g/mol. The molecule has 0 unspecified atom stereocenters. The van der Waals surface area contributed by atoms with Crippen LogP contribution in [0, 0.1) is 0 Å². The number of hydrogen-bond acceptors (Lipinski definition) is 6. The monoisotopic (exact) mass is 304 g/mol. The van der Waals surface area contributed by atoms with Gasteiger partial charge in [-0.05, 0) is 13.3 Å². The second-order valence-corrected chi connectivity index (χ2v) is 4.12. The molecule has 0 saturated carbocycles. The van der Waals surface area contributed by atoms with Gasteiger partial charge in [0, 0.05) is 13.5 Å². The van der Waals surface area contributed by atoms with E-state index in [0.717, 1.165) is 4.90 Å². The number of carbonyl (C=O) groups is 4. The summed E-state index contributed by atoms with van der Waals surface area (Å²) < 4.78 is 9.07. The Kier molecular flexibility index (Phi) is 8.51. The van der Waals surface area contributed by atoms with Gasteiger partial charge >= 0.3 is 23.9 Å².